The molecular formula is C50H58N10O8. The van der Waals surface area contributed by atoms with Gasteiger partial charge in [-0.15, -0.1) is 0 Å². The van der Waals surface area contributed by atoms with Crippen molar-refractivity contribution in [2.45, 2.75) is 100 Å². The molecule has 68 heavy (non-hydrogen) atoms. The molecule has 2 saturated heterocycles. The van der Waals surface area contributed by atoms with Crippen LogP contribution >= 0.6 is 0 Å². The van der Waals surface area contributed by atoms with Gasteiger partial charge in [-0.2, -0.15) is 10.2 Å². The summed E-state index contributed by atoms with van der Waals surface area (Å²) in [7, 11) is 0. The largest absolute Gasteiger partial charge is 0.484 e. The van der Waals surface area contributed by atoms with Crippen LogP contribution in [0.1, 0.15) is 97.1 Å². The van der Waals surface area contributed by atoms with Gasteiger partial charge in [0.2, 0.25) is 0 Å². The van der Waals surface area contributed by atoms with Crippen molar-refractivity contribution in [1.29, 1.82) is 0 Å². The predicted octanol–water partition coefficient (Wildman–Crippen LogP) is 4.82. The van der Waals surface area contributed by atoms with Crippen molar-refractivity contribution in [3.05, 3.63) is 95.8 Å². The second-order valence-corrected chi connectivity index (χ2v) is 20.3. The van der Waals surface area contributed by atoms with E-state index in [9.17, 15) is 30.0 Å². The van der Waals surface area contributed by atoms with Crippen molar-refractivity contribution in [3.8, 4) is 11.5 Å². The average molecular weight is 927 g/mol. The van der Waals surface area contributed by atoms with E-state index in [1.54, 1.807) is 46.0 Å². The fraction of sp³-hybridized carbons (Fsp3) is 0.480. The van der Waals surface area contributed by atoms with Crippen molar-refractivity contribution in [3.63, 3.8) is 0 Å². The van der Waals surface area contributed by atoms with E-state index in [0.717, 1.165) is 112 Å². The number of hydrogen-bond acceptors (Lipinski definition) is 14. The van der Waals surface area contributed by atoms with Gasteiger partial charge in [-0.3, -0.25) is 9.59 Å². The van der Waals surface area contributed by atoms with Crippen LogP contribution in [0.25, 0.3) is 11.3 Å². The Hall–Kier alpha value is -6.34. The Labute approximate surface area is 392 Å². The van der Waals surface area contributed by atoms with E-state index in [0.29, 0.717) is 58.5 Å². The van der Waals surface area contributed by atoms with Crippen LogP contribution < -0.4 is 29.9 Å². The molecule has 2 amide bonds. The molecule has 12 rings (SSSR count). The summed E-state index contributed by atoms with van der Waals surface area (Å²) in [6.07, 6.45) is 18.2. The van der Waals surface area contributed by atoms with Crippen LogP contribution in [0.4, 0.5) is 22.7 Å². The number of carbonyl (C=O) groups is 2. The molecule has 6 N–H and O–H groups in total. The lowest BCUT2D eigenvalue weighted by molar-refractivity contribution is 0.0446. The van der Waals surface area contributed by atoms with Crippen LogP contribution in [-0.4, -0.2) is 123 Å². The summed E-state index contributed by atoms with van der Waals surface area (Å²) < 4.78 is 15.3. The van der Waals surface area contributed by atoms with Crippen molar-refractivity contribution in [2.75, 3.05) is 59.8 Å². The Balaban J connectivity index is 0.000000149. The van der Waals surface area contributed by atoms with Gasteiger partial charge in [-0.25, -0.2) is 19.0 Å². The van der Waals surface area contributed by atoms with Gasteiger partial charge in [0.15, 0.2) is 11.3 Å². The molecule has 2 aliphatic carbocycles. The number of anilines is 4. The number of benzene rings is 2. The first-order valence-corrected chi connectivity index (χ1v) is 23.8. The molecule has 4 fully saturated rings. The van der Waals surface area contributed by atoms with E-state index in [1.165, 1.54) is 12.4 Å². The van der Waals surface area contributed by atoms with E-state index in [1.807, 2.05) is 38.1 Å². The van der Waals surface area contributed by atoms with Gasteiger partial charge in [0, 0.05) is 87.1 Å². The lowest BCUT2D eigenvalue weighted by Gasteiger charge is -2.37. The molecular weight excluding hydrogens is 869 g/mol. The molecule has 6 aromatic rings. The number of amides is 2. The van der Waals surface area contributed by atoms with Crippen molar-refractivity contribution in [1.82, 2.24) is 29.2 Å². The molecule has 18 heteroatoms. The van der Waals surface area contributed by atoms with Gasteiger partial charge in [-0.1, -0.05) is 0 Å². The summed E-state index contributed by atoms with van der Waals surface area (Å²) in [6.45, 7) is 6.78. The predicted molar refractivity (Wildman–Crippen MR) is 253 cm³/mol. The maximum Gasteiger partial charge on any atom is 0.261 e. The zero-order valence-corrected chi connectivity index (χ0v) is 38.4. The molecule has 2 atom stereocenters. The lowest BCUT2D eigenvalue weighted by atomic mass is 9.89. The second kappa shape index (κ2) is 16.7. The van der Waals surface area contributed by atoms with Gasteiger partial charge in [-0.05, 0) is 101 Å². The first-order chi connectivity index (χ1) is 32.7. The summed E-state index contributed by atoms with van der Waals surface area (Å²) in [6, 6.07) is 11.4. The SMILES string of the molecule is C[C@@]1(CO)Cc2cc(NC(=O)c3cnn4cccnc34)c(N3CCC(C4(O)CC4)CC3)cc2O1.C[C@]1(CO)Cc2cc(NC(=O)c3cnn4cccnc34)c(N3CCC(C4(O)CC4)CC3)cc2O1. The summed E-state index contributed by atoms with van der Waals surface area (Å²) in [5.74, 6) is 1.59. The highest BCUT2D eigenvalue weighted by Crippen LogP contribution is 2.50. The number of nitrogens with one attached hydrogen (secondary N) is 2. The molecule has 0 bridgehead atoms. The smallest absolute Gasteiger partial charge is 0.261 e. The van der Waals surface area contributed by atoms with Gasteiger partial charge < -0.3 is 50.3 Å². The minimum Gasteiger partial charge on any atom is -0.484 e. The highest BCUT2D eigenvalue weighted by atomic mass is 16.5. The topological polar surface area (TPSA) is 224 Å². The minimum atomic E-state index is -0.670. The molecule has 2 aromatic carbocycles. The van der Waals surface area contributed by atoms with E-state index in [2.05, 4.69) is 40.6 Å². The van der Waals surface area contributed by atoms with Gasteiger partial charge in [0.1, 0.15) is 33.8 Å². The Morgan fingerprint density at radius 1 is 0.647 bits per heavy atom. The van der Waals surface area contributed by atoms with E-state index in [4.69, 9.17) is 9.47 Å². The second-order valence-electron chi connectivity index (χ2n) is 20.3. The lowest BCUT2D eigenvalue weighted by Crippen LogP contribution is -2.39. The number of hydrogen-bond donors (Lipinski definition) is 6. The molecule has 0 spiro atoms. The molecule has 2 saturated carbocycles. The van der Waals surface area contributed by atoms with Crippen LogP contribution in [0.15, 0.2) is 73.6 Å². The maximum absolute atomic E-state index is 13.3. The van der Waals surface area contributed by atoms with Crippen molar-refractivity contribution >= 4 is 45.9 Å². The third kappa shape index (κ3) is 8.26. The molecule has 6 aliphatic rings. The molecule has 0 unspecified atom stereocenters. The van der Waals surface area contributed by atoms with Gasteiger partial charge in [0.25, 0.3) is 11.8 Å². The normalized spacial score (nSPS) is 23.6. The first kappa shape index (κ1) is 44.2. The fourth-order valence-electron chi connectivity index (χ4n) is 10.7. The van der Waals surface area contributed by atoms with E-state index in [-0.39, 0.29) is 25.0 Å². The highest BCUT2D eigenvalue weighted by molar-refractivity contribution is 6.10. The number of carbonyl (C=O) groups excluding carboxylic acids is 2. The summed E-state index contributed by atoms with van der Waals surface area (Å²) in [5, 5.41) is 55.4. The minimum absolute atomic E-state index is 0.0866. The van der Waals surface area contributed by atoms with Crippen LogP contribution in [-0.2, 0) is 12.8 Å². The highest BCUT2D eigenvalue weighted by Gasteiger charge is 2.49. The van der Waals surface area contributed by atoms with Crippen molar-refractivity contribution < 1.29 is 39.5 Å². The fourth-order valence-corrected chi connectivity index (χ4v) is 10.7. The number of aliphatic hydroxyl groups excluding tert-OH is 2. The number of aromatic nitrogens is 6. The van der Waals surface area contributed by atoms with Crippen LogP contribution in [0, 0.1) is 11.8 Å². The molecule has 4 aliphatic heterocycles. The third-order valence-corrected chi connectivity index (χ3v) is 15.1. The molecule has 0 radical (unpaired) electrons. The summed E-state index contributed by atoms with van der Waals surface area (Å²) in [5.41, 5.74) is 4.61. The monoisotopic (exact) mass is 926 g/mol. The third-order valence-electron chi connectivity index (χ3n) is 15.1. The first-order valence-electron chi connectivity index (χ1n) is 23.8. The van der Waals surface area contributed by atoms with Crippen LogP contribution in [0.2, 0.25) is 0 Å². The Morgan fingerprint density at radius 3 is 1.41 bits per heavy atom. The van der Waals surface area contributed by atoms with Crippen LogP contribution in [0.5, 0.6) is 11.5 Å². The Kier molecular flexibility index (Phi) is 10.9. The summed E-state index contributed by atoms with van der Waals surface area (Å²) >= 11 is 0. The van der Waals surface area contributed by atoms with Crippen molar-refractivity contribution in [2.24, 2.45) is 11.8 Å². The molecule has 356 valence electrons. The average Bonchev–Trinajstić information content (AvgIpc) is 4.01. The number of aliphatic hydroxyl groups is 4. The molecule has 18 nitrogen and oxygen atoms in total. The van der Waals surface area contributed by atoms with E-state index < -0.39 is 22.4 Å². The van der Waals surface area contributed by atoms with Gasteiger partial charge >= 0.3 is 0 Å². The maximum atomic E-state index is 13.3. The number of rotatable bonds is 10. The molecule has 4 aromatic heterocycles. The number of nitrogens with zero attached hydrogens (tertiary/aromatic N) is 8. The number of piperidine rings is 2. The van der Waals surface area contributed by atoms with Gasteiger partial charge in [0.05, 0.1) is 59.6 Å². The number of ether oxygens (including phenoxy) is 2. The number of fused-ring (bicyclic) bond motifs is 4. The van der Waals surface area contributed by atoms with Crippen LogP contribution in [0.3, 0.4) is 0 Å². The standard InChI is InChI=1S/2C25H29N5O4/c2*1-24(15-31)13-16-11-19(28-23(32)18-14-27-30-8-2-7-26-22(18)30)20(12-21(16)34-24)29-9-3-17(4-10-29)25(33)5-6-25/h2*2,7-8,11-12,14,17,31,33H,3-6,9-10,13,15H2,1H3,(H,28,32)/t2*24-/m10/s1. The Bertz CT molecular complexity index is 2720. The zero-order chi connectivity index (χ0) is 47.0. The van der Waals surface area contributed by atoms with E-state index >= 15 is 0 Å². The molecule has 8 heterocycles. The quantitative estimate of drug-likeness (QED) is 0.109. The Morgan fingerprint density at radius 2 is 1.04 bits per heavy atom. The zero-order valence-electron chi connectivity index (χ0n) is 38.4. The summed E-state index contributed by atoms with van der Waals surface area (Å²) in [4.78, 5) is 39.7.